The smallest absolute Gasteiger partial charge is 0.299 e. The van der Waals surface area contributed by atoms with E-state index in [1.165, 1.54) is 6.07 Å². The van der Waals surface area contributed by atoms with Crippen molar-refractivity contribution in [2.75, 3.05) is 0 Å². The Balaban J connectivity index is 1.68. The fourth-order valence-electron chi connectivity index (χ4n) is 2.74. The number of halogens is 3. The van der Waals surface area contributed by atoms with Crippen LogP contribution in [0, 0.1) is 0 Å². The van der Waals surface area contributed by atoms with Crippen molar-refractivity contribution in [1.82, 2.24) is 20.3 Å². The van der Waals surface area contributed by atoms with E-state index in [4.69, 9.17) is 0 Å². The molecule has 0 radical (unpaired) electrons. The lowest BCUT2D eigenvalue weighted by Crippen LogP contribution is -2.15. The number of H-pyrrole nitrogens is 1. The number of nitrogens with one attached hydrogen (secondary N) is 1. The molecule has 9 heteroatoms. The number of hydrogen-bond donors (Lipinski definition) is 1. The fraction of sp³-hybridized carbons (Fsp3) is 0.111. The molecule has 0 unspecified atom stereocenters. The van der Waals surface area contributed by atoms with Gasteiger partial charge >= 0.3 is 6.18 Å². The van der Waals surface area contributed by atoms with E-state index < -0.39 is 17.3 Å². The molecule has 6 nitrogen and oxygen atoms in total. The van der Waals surface area contributed by atoms with Crippen LogP contribution in [-0.2, 0) is 12.6 Å². The van der Waals surface area contributed by atoms with Crippen molar-refractivity contribution < 1.29 is 17.8 Å². The van der Waals surface area contributed by atoms with Gasteiger partial charge in [-0.05, 0) is 39.1 Å². The van der Waals surface area contributed by atoms with Crippen molar-refractivity contribution in [3.8, 4) is 11.1 Å². The lowest BCUT2D eigenvalue weighted by atomic mass is 9.99. The van der Waals surface area contributed by atoms with Gasteiger partial charge in [0.15, 0.2) is 0 Å². The van der Waals surface area contributed by atoms with Crippen LogP contribution < -0.4 is 5.56 Å². The van der Waals surface area contributed by atoms with Crippen molar-refractivity contribution in [2.45, 2.75) is 12.6 Å². The zero-order valence-corrected chi connectivity index (χ0v) is 13.6. The Bertz CT molecular complexity index is 1180. The Morgan fingerprint density at radius 3 is 2.52 bits per heavy atom. The lowest BCUT2D eigenvalue weighted by Gasteiger charge is -2.10. The summed E-state index contributed by atoms with van der Waals surface area (Å²) in [5.74, 6) is 0. The van der Waals surface area contributed by atoms with Crippen LogP contribution >= 0.6 is 0 Å². The van der Waals surface area contributed by atoms with Crippen molar-refractivity contribution in [2.24, 2.45) is 0 Å². The Morgan fingerprint density at radius 2 is 1.74 bits per heavy atom. The van der Waals surface area contributed by atoms with Gasteiger partial charge in [0, 0.05) is 6.42 Å². The monoisotopic (exact) mass is 372 g/mol. The third kappa shape index (κ3) is 3.43. The Hall–Kier alpha value is -3.49. The average molecular weight is 372 g/mol. The number of nitrogens with zero attached hydrogens (tertiary/aromatic N) is 3. The third-order valence-electron chi connectivity index (χ3n) is 4.03. The van der Waals surface area contributed by atoms with E-state index >= 15 is 0 Å². The van der Waals surface area contributed by atoms with Gasteiger partial charge in [-0.1, -0.05) is 36.4 Å². The van der Waals surface area contributed by atoms with E-state index in [1.54, 1.807) is 30.3 Å². The van der Waals surface area contributed by atoms with Crippen LogP contribution in [0.4, 0.5) is 13.2 Å². The van der Waals surface area contributed by atoms with E-state index in [2.05, 4.69) is 24.9 Å². The highest BCUT2D eigenvalue weighted by Gasteiger charge is 2.30. The topological polar surface area (TPSA) is 84.7 Å². The molecule has 0 fully saturated rings. The number of benzene rings is 2. The molecule has 27 heavy (non-hydrogen) atoms. The van der Waals surface area contributed by atoms with Crippen LogP contribution in [0.15, 0.2) is 58.0 Å². The van der Waals surface area contributed by atoms with Crippen LogP contribution in [-0.4, -0.2) is 20.3 Å². The molecule has 0 aliphatic carbocycles. The molecule has 2 heterocycles. The SMILES string of the molecule is O=c1[nH]c2nonc2nc1Cc1cccc(-c2cccc(C(F)(F)F)c2)c1. The molecule has 0 aliphatic rings. The van der Waals surface area contributed by atoms with Crippen molar-refractivity contribution in [3.05, 3.63) is 75.7 Å². The summed E-state index contributed by atoms with van der Waals surface area (Å²) in [4.78, 5) is 18.7. The first kappa shape index (κ1) is 17.0. The molecule has 0 aliphatic heterocycles. The largest absolute Gasteiger partial charge is 0.416 e. The molecule has 0 spiro atoms. The van der Waals surface area contributed by atoms with Crippen LogP contribution in [0.25, 0.3) is 22.4 Å². The normalized spacial score (nSPS) is 11.8. The molecule has 136 valence electrons. The van der Waals surface area contributed by atoms with E-state index in [0.29, 0.717) is 11.1 Å². The van der Waals surface area contributed by atoms with Gasteiger partial charge < -0.3 is 0 Å². The number of hydrogen-bond acceptors (Lipinski definition) is 5. The third-order valence-corrected chi connectivity index (χ3v) is 4.03. The minimum atomic E-state index is -4.41. The molecular weight excluding hydrogens is 361 g/mol. The summed E-state index contributed by atoms with van der Waals surface area (Å²) in [6.07, 6.45) is -4.23. The van der Waals surface area contributed by atoms with Crippen LogP contribution in [0.2, 0.25) is 0 Å². The van der Waals surface area contributed by atoms with Gasteiger partial charge in [0.05, 0.1) is 5.56 Å². The first-order valence-corrected chi connectivity index (χ1v) is 7.88. The number of rotatable bonds is 3. The molecule has 2 aromatic carbocycles. The van der Waals surface area contributed by atoms with Gasteiger partial charge in [-0.2, -0.15) is 13.2 Å². The number of aromatic nitrogens is 4. The molecule has 0 atom stereocenters. The van der Waals surface area contributed by atoms with E-state index in [0.717, 1.165) is 17.7 Å². The Kier molecular flexibility index (Phi) is 3.98. The van der Waals surface area contributed by atoms with E-state index in [1.807, 2.05) is 0 Å². The minimum absolute atomic E-state index is 0.154. The summed E-state index contributed by atoms with van der Waals surface area (Å²) in [5.41, 5.74) is 1.16. The number of fused-ring (bicyclic) bond motifs is 1. The molecule has 2 aromatic heterocycles. The van der Waals surface area contributed by atoms with Crippen molar-refractivity contribution in [1.29, 1.82) is 0 Å². The highest BCUT2D eigenvalue weighted by atomic mass is 19.4. The summed E-state index contributed by atoms with van der Waals surface area (Å²) < 4.78 is 43.3. The first-order valence-electron chi connectivity index (χ1n) is 7.88. The molecule has 0 saturated carbocycles. The molecular formula is C18H11F3N4O2. The fourth-order valence-corrected chi connectivity index (χ4v) is 2.74. The zero-order valence-electron chi connectivity index (χ0n) is 13.6. The summed E-state index contributed by atoms with van der Waals surface area (Å²) in [6.45, 7) is 0. The second kappa shape index (κ2) is 6.35. The summed E-state index contributed by atoms with van der Waals surface area (Å²) in [5, 5.41) is 7.10. The highest BCUT2D eigenvalue weighted by molar-refractivity contribution is 5.65. The standard InChI is InChI=1S/C18H11F3N4O2/c19-18(20,21)13-6-2-5-12(9-13)11-4-1-3-10(7-11)8-14-17(26)23-16-15(22-14)24-27-25-16/h1-7,9H,8H2,(H,23,25,26). The van der Waals surface area contributed by atoms with Gasteiger partial charge in [0.2, 0.25) is 11.3 Å². The summed E-state index contributed by atoms with van der Waals surface area (Å²) in [6, 6.07) is 12.0. The molecule has 4 aromatic rings. The predicted molar refractivity (Wildman–Crippen MR) is 89.9 cm³/mol. The second-order valence-corrected chi connectivity index (χ2v) is 5.90. The first-order chi connectivity index (χ1) is 12.9. The van der Waals surface area contributed by atoms with Crippen LogP contribution in [0.3, 0.4) is 0 Å². The predicted octanol–water partition coefficient (Wildman–Crippen LogP) is 3.58. The number of aromatic amines is 1. The summed E-state index contributed by atoms with van der Waals surface area (Å²) in [7, 11) is 0. The average Bonchev–Trinajstić information content (AvgIpc) is 3.09. The van der Waals surface area contributed by atoms with Crippen molar-refractivity contribution in [3.63, 3.8) is 0 Å². The maximum Gasteiger partial charge on any atom is 0.416 e. The maximum atomic E-state index is 12.9. The Labute approximate surface area is 149 Å². The summed E-state index contributed by atoms with van der Waals surface area (Å²) >= 11 is 0. The molecule has 0 amide bonds. The van der Waals surface area contributed by atoms with Gasteiger partial charge in [0.25, 0.3) is 5.56 Å². The maximum absolute atomic E-state index is 12.9. The number of alkyl halides is 3. The molecule has 1 N–H and O–H groups in total. The minimum Gasteiger partial charge on any atom is -0.299 e. The zero-order chi connectivity index (χ0) is 19.0. The lowest BCUT2D eigenvalue weighted by molar-refractivity contribution is -0.137. The molecule has 0 saturated heterocycles. The van der Waals surface area contributed by atoms with E-state index in [9.17, 15) is 18.0 Å². The van der Waals surface area contributed by atoms with Gasteiger partial charge in [-0.3, -0.25) is 9.78 Å². The van der Waals surface area contributed by atoms with Crippen molar-refractivity contribution >= 4 is 11.3 Å². The second-order valence-electron chi connectivity index (χ2n) is 5.90. The quantitative estimate of drug-likeness (QED) is 0.594. The Morgan fingerprint density at radius 1 is 1.00 bits per heavy atom. The molecule has 4 rings (SSSR count). The highest BCUT2D eigenvalue weighted by Crippen LogP contribution is 2.32. The van der Waals surface area contributed by atoms with Crippen LogP contribution in [0.1, 0.15) is 16.8 Å². The van der Waals surface area contributed by atoms with Gasteiger partial charge in [-0.25, -0.2) is 9.61 Å². The van der Waals surface area contributed by atoms with E-state index in [-0.39, 0.29) is 23.4 Å². The van der Waals surface area contributed by atoms with Crippen LogP contribution in [0.5, 0.6) is 0 Å². The molecule has 0 bridgehead atoms. The van der Waals surface area contributed by atoms with Gasteiger partial charge in [-0.15, -0.1) is 0 Å². The van der Waals surface area contributed by atoms with Gasteiger partial charge in [0.1, 0.15) is 5.69 Å².